The maximum absolute atomic E-state index is 15.6. The van der Waals surface area contributed by atoms with Gasteiger partial charge in [-0.05, 0) is 54.0 Å². The average Bonchev–Trinajstić information content (AvgIpc) is 3.33. The Morgan fingerprint density at radius 2 is 1.35 bits per heavy atom. The van der Waals surface area contributed by atoms with E-state index < -0.39 is 140 Å². The van der Waals surface area contributed by atoms with E-state index >= 15 is 9.59 Å². The summed E-state index contributed by atoms with van der Waals surface area (Å²) < 4.78 is 42.3. The fourth-order valence-electron chi connectivity index (χ4n) is 10.2. The summed E-state index contributed by atoms with van der Waals surface area (Å²) in [6.07, 6.45) is -11.2. The second-order valence-corrected chi connectivity index (χ2v) is 23.9. The molecule has 0 aromatic heterocycles. The average molecular weight is 1140 g/mol. The topological polar surface area (TPSA) is 226 Å². The van der Waals surface area contributed by atoms with Crippen LogP contribution in [0.5, 0.6) is 0 Å². The van der Waals surface area contributed by atoms with Crippen molar-refractivity contribution in [2.75, 3.05) is 19.8 Å². The number of alkyl halides is 6. The van der Waals surface area contributed by atoms with E-state index in [0.29, 0.717) is 0 Å². The Morgan fingerprint density at radius 3 is 1.89 bits per heavy atom. The summed E-state index contributed by atoms with van der Waals surface area (Å²) in [4.78, 5) is 99.1. The molecule has 2 saturated carbocycles. The summed E-state index contributed by atoms with van der Waals surface area (Å²) in [5, 5.41) is 16.6. The lowest BCUT2D eigenvalue weighted by atomic mass is 9.45. The summed E-state index contributed by atoms with van der Waals surface area (Å²) in [6.45, 7) is 7.83. The summed E-state index contributed by atoms with van der Waals surface area (Å²) in [5.74, 6) is -6.38. The number of carbonyl (C=O) groups is 7. The lowest BCUT2D eigenvalue weighted by Gasteiger charge is -2.66. The summed E-state index contributed by atoms with van der Waals surface area (Å²) >= 11 is 35.2. The molecule has 3 aromatic carbocycles. The number of amides is 1. The molecule has 1 heterocycles. The Labute approximate surface area is 454 Å². The van der Waals surface area contributed by atoms with Crippen molar-refractivity contribution < 1.29 is 76.6 Å². The number of rotatable bonds is 13. The number of fused-ring (bicyclic) bond motifs is 5. The van der Waals surface area contributed by atoms with Gasteiger partial charge in [-0.3, -0.25) is 14.4 Å². The van der Waals surface area contributed by atoms with Crippen LogP contribution in [0.4, 0.5) is 9.59 Å². The number of aliphatic hydroxyl groups is 1. The van der Waals surface area contributed by atoms with E-state index in [1.54, 1.807) is 54.6 Å². The van der Waals surface area contributed by atoms with Crippen molar-refractivity contribution in [3.8, 4) is 0 Å². The van der Waals surface area contributed by atoms with E-state index in [1.165, 1.54) is 57.2 Å². The third-order valence-corrected chi connectivity index (χ3v) is 14.6. The molecule has 17 nitrogen and oxygen atoms in total. The Balaban J connectivity index is 1.38. The van der Waals surface area contributed by atoms with Crippen LogP contribution in [0.1, 0.15) is 72.9 Å². The van der Waals surface area contributed by atoms with Gasteiger partial charge in [-0.2, -0.15) is 0 Å². The number of hydrogen-bond acceptors (Lipinski definition) is 16. The molecule has 396 valence electrons. The number of benzene rings is 3. The second kappa shape index (κ2) is 21.9. The van der Waals surface area contributed by atoms with Crippen LogP contribution in [0.2, 0.25) is 0 Å². The number of ketones is 1. The minimum absolute atomic E-state index is 0.00378. The summed E-state index contributed by atoms with van der Waals surface area (Å²) in [7, 11) is 0. The predicted molar refractivity (Wildman–Crippen MR) is 268 cm³/mol. The molecule has 2 bridgehead atoms. The van der Waals surface area contributed by atoms with Crippen LogP contribution < -0.4 is 5.32 Å². The SMILES string of the molecule is C=C1/C2=C/C(=O)[C@@]3(C)C([C@H](OC(=O)c4ccccc4)[C@](O)(C[C@@H]1OC(=O)[C@H](OC(=O)OCC(Cl)(Cl)Cl)[C@@H](NC(=O)c1ccccc1)c1ccccc1)C2(C)C)[C@]1(OC(C)=O)CO[C@@H]1C[C@@H]3OC(=O)OCC(Cl)(Cl)Cl. The lowest BCUT2D eigenvalue weighted by molar-refractivity contribution is -0.343. The first-order valence-electron chi connectivity index (χ1n) is 22.8. The maximum atomic E-state index is 15.6. The molecular weight excluding hydrogens is 1100 g/mol. The van der Waals surface area contributed by atoms with Gasteiger partial charge in [0.2, 0.25) is 13.7 Å². The highest BCUT2D eigenvalue weighted by Gasteiger charge is 2.77. The number of nitrogens with one attached hydrogen (secondary N) is 1. The molecule has 0 radical (unpaired) electrons. The van der Waals surface area contributed by atoms with E-state index in [-0.39, 0.29) is 34.3 Å². The van der Waals surface area contributed by atoms with Gasteiger partial charge in [0.05, 0.1) is 23.5 Å². The number of allylic oxidation sites excluding steroid dienone is 1. The minimum atomic E-state index is -2.49. The Hall–Kier alpha value is -5.11. The fraction of sp³-hybridized carbons (Fsp3) is 0.431. The Kier molecular flexibility index (Phi) is 16.7. The zero-order valence-electron chi connectivity index (χ0n) is 39.9. The molecular formula is C51H49Cl6NO16. The van der Waals surface area contributed by atoms with Gasteiger partial charge < -0.3 is 48.3 Å². The van der Waals surface area contributed by atoms with Crippen molar-refractivity contribution >= 4 is 112 Å². The quantitative estimate of drug-likeness (QED) is 0.0925. The van der Waals surface area contributed by atoms with E-state index in [1.807, 2.05) is 0 Å². The smallest absolute Gasteiger partial charge is 0.455 e. The van der Waals surface area contributed by atoms with Crippen molar-refractivity contribution in [2.24, 2.45) is 16.7 Å². The van der Waals surface area contributed by atoms with Gasteiger partial charge in [0.15, 0.2) is 11.4 Å². The van der Waals surface area contributed by atoms with E-state index in [9.17, 15) is 29.1 Å². The monoisotopic (exact) mass is 1140 g/mol. The first kappa shape index (κ1) is 56.6. The van der Waals surface area contributed by atoms with E-state index in [2.05, 4.69) is 11.9 Å². The van der Waals surface area contributed by atoms with Gasteiger partial charge >= 0.3 is 30.2 Å². The first-order valence-corrected chi connectivity index (χ1v) is 25.0. The van der Waals surface area contributed by atoms with Crippen LogP contribution in [0.15, 0.2) is 115 Å². The van der Waals surface area contributed by atoms with E-state index in [0.717, 1.165) is 13.0 Å². The number of ether oxygens (including phenoxy) is 8. The zero-order chi connectivity index (χ0) is 54.2. The molecule has 3 aliphatic carbocycles. The van der Waals surface area contributed by atoms with Gasteiger partial charge in [0, 0.05) is 30.7 Å². The lowest BCUT2D eigenvalue weighted by Crippen LogP contribution is -2.81. The molecule has 74 heavy (non-hydrogen) atoms. The van der Waals surface area contributed by atoms with Crippen molar-refractivity contribution in [3.63, 3.8) is 0 Å². The third-order valence-electron chi connectivity index (χ3n) is 13.9. The second-order valence-electron chi connectivity index (χ2n) is 18.8. The van der Waals surface area contributed by atoms with Crippen molar-refractivity contribution in [1.29, 1.82) is 0 Å². The van der Waals surface area contributed by atoms with Crippen molar-refractivity contribution in [2.45, 2.75) is 95.9 Å². The summed E-state index contributed by atoms with van der Waals surface area (Å²) in [6, 6.07) is 21.9. The normalized spacial score (nSPS) is 28.5. The first-order chi connectivity index (χ1) is 34.6. The molecule has 1 amide bonds. The largest absolute Gasteiger partial charge is 0.509 e. The zero-order valence-corrected chi connectivity index (χ0v) is 44.4. The molecule has 4 aliphatic rings. The van der Waals surface area contributed by atoms with Gasteiger partial charge in [-0.1, -0.05) is 157 Å². The Morgan fingerprint density at radius 1 is 0.797 bits per heavy atom. The Bertz CT molecular complexity index is 2700. The van der Waals surface area contributed by atoms with Crippen LogP contribution in [-0.4, -0.2) is 116 Å². The summed E-state index contributed by atoms with van der Waals surface area (Å²) in [5.41, 5.74) is -7.85. The minimum Gasteiger partial charge on any atom is -0.455 e. The third kappa shape index (κ3) is 11.6. The molecule has 1 saturated heterocycles. The predicted octanol–water partition coefficient (Wildman–Crippen LogP) is 9.03. The van der Waals surface area contributed by atoms with Crippen LogP contribution in [0.3, 0.4) is 0 Å². The highest BCUT2D eigenvalue weighted by atomic mass is 35.6. The molecule has 2 N–H and O–H groups in total. The number of hydrogen-bond donors (Lipinski definition) is 2. The van der Waals surface area contributed by atoms with Gasteiger partial charge in [-0.25, -0.2) is 19.2 Å². The van der Waals surface area contributed by atoms with Crippen LogP contribution >= 0.6 is 69.6 Å². The highest BCUT2D eigenvalue weighted by Crippen LogP contribution is 2.64. The molecule has 3 fully saturated rings. The maximum Gasteiger partial charge on any atom is 0.509 e. The number of halogens is 6. The number of carbonyl (C=O) groups excluding carboxylic acids is 7. The van der Waals surface area contributed by atoms with Crippen molar-refractivity contribution in [3.05, 3.63) is 131 Å². The molecule has 10 atom stereocenters. The molecule has 7 rings (SSSR count). The van der Waals surface area contributed by atoms with Gasteiger partial charge in [0.1, 0.15) is 49.3 Å². The van der Waals surface area contributed by atoms with Crippen LogP contribution in [-0.2, 0) is 52.3 Å². The molecule has 0 spiro atoms. The molecule has 3 aromatic rings. The van der Waals surface area contributed by atoms with Crippen LogP contribution in [0, 0.1) is 16.7 Å². The molecule has 23 heteroatoms. The highest BCUT2D eigenvalue weighted by molar-refractivity contribution is 6.68. The number of esters is 3. The van der Waals surface area contributed by atoms with Gasteiger partial charge in [-0.15, -0.1) is 0 Å². The van der Waals surface area contributed by atoms with Crippen LogP contribution in [0.25, 0.3) is 0 Å². The molecule has 1 unspecified atom stereocenters. The van der Waals surface area contributed by atoms with Gasteiger partial charge in [0.25, 0.3) is 5.91 Å². The standard InChI is InChI=1S/C51H49Cl6NO16/c1-27-32-21-34(60)47(5)35(71-44(64)68-25-50(52,53)54)22-36-48(24-67-36,74-28(2)59)39(47)40(73-42(62)31-19-13-8-14-20-31)49(66,46(32,3)4)23-33(27)70-43(63)38(72-45(65)69-26-51(55,56)57)37(29-15-9-6-10-16-29)58-41(61)30-17-11-7-12-18-30/h6-21,33,35-40,66H,1,22-26H2,2-5H3,(H,58,61)/b32-21-/t33-,35-,36+,37-,38+,39?,40-,47+,48-,49+/m0/s1. The molecule has 1 aliphatic heterocycles. The van der Waals surface area contributed by atoms with E-state index in [4.69, 9.17) is 108 Å². The van der Waals surface area contributed by atoms with Crippen molar-refractivity contribution in [1.82, 2.24) is 5.32 Å². The fourth-order valence-corrected chi connectivity index (χ4v) is 10.5.